The van der Waals surface area contributed by atoms with Crippen LogP contribution in [0.15, 0.2) is 24.3 Å². The Morgan fingerprint density at radius 1 is 0.610 bits per heavy atom. The molecule has 0 bridgehead atoms. The summed E-state index contributed by atoms with van der Waals surface area (Å²) in [6, 6.07) is 7.53. The molecule has 222 valence electrons. The molecule has 2 aromatic rings. The minimum absolute atomic E-state index is 0.0597. The van der Waals surface area contributed by atoms with E-state index < -0.39 is 17.2 Å². The van der Waals surface area contributed by atoms with Crippen molar-refractivity contribution < 1.29 is 17.6 Å². The summed E-state index contributed by atoms with van der Waals surface area (Å²) in [6.07, 6.45) is 16.9. The molecule has 0 unspecified atom stereocenters. The van der Waals surface area contributed by atoms with E-state index in [-0.39, 0.29) is 29.4 Å². The van der Waals surface area contributed by atoms with Gasteiger partial charge in [-0.05, 0) is 148 Å². The Bertz CT molecular complexity index is 1160. The van der Waals surface area contributed by atoms with Crippen molar-refractivity contribution in [1.82, 2.24) is 0 Å². The zero-order valence-corrected chi connectivity index (χ0v) is 24.5. The number of hydrogen-bond donors (Lipinski definition) is 0. The average molecular weight is 568 g/mol. The number of nitrogens with zero attached hydrogens (tertiary/aromatic N) is 1. The number of benzene rings is 2. The van der Waals surface area contributed by atoms with Crippen LogP contribution in [0.2, 0.25) is 0 Å². The molecule has 0 saturated heterocycles. The van der Waals surface area contributed by atoms with Crippen LogP contribution in [0.4, 0.5) is 17.6 Å². The molecule has 3 aliphatic rings. The molecule has 2 aromatic carbocycles. The number of halogens is 4. The second-order valence-corrected chi connectivity index (χ2v) is 13.3. The zero-order chi connectivity index (χ0) is 28.9. The molecule has 0 radical (unpaired) electrons. The Morgan fingerprint density at radius 2 is 1.05 bits per heavy atom. The van der Waals surface area contributed by atoms with Gasteiger partial charge in [-0.2, -0.15) is 5.26 Å². The van der Waals surface area contributed by atoms with Crippen molar-refractivity contribution in [1.29, 1.82) is 5.26 Å². The quantitative estimate of drug-likeness (QED) is 0.230. The highest BCUT2D eigenvalue weighted by molar-refractivity contribution is 5.36. The van der Waals surface area contributed by atoms with Crippen molar-refractivity contribution in [3.8, 4) is 6.07 Å². The summed E-state index contributed by atoms with van der Waals surface area (Å²) >= 11 is 0. The summed E-state index contributed by atoms with van der Waals surface area (Å²) in [5.41, 5.74) is 1.29. The van der Waals surface area contributed by atoms with E-state index in [1.807, 2.05) is 0 Å². The maximum atomic E-state index is 15.4. The van der Waals surface area contributed by atoms with Crippen LogP contribution in [-0.2, 0) is 0 Å². The van der Waals surface area contributed by atoms with Crippen LogP contribution in [0, 0.1) is 52.4 Å². The summed E-state index contributed by atoms with van der Waals surface area (Å²) in [6.45, 7) is 2.23. The van der Waals surface area contributed by atoms with Gasteiger partial charge >= 0.3 is 0 Å². The number of nitriles is 1. The van der Waals surface area contributed by atoms with Gasteiger partial charge in [0.2, 0.25) is 0 Å². The first kappa shape index (κ1) is 30.1. The topological polar surface area (TPSA) is 23.8 Å². The van der Waals surface area contributed by atoms with Gasteiger partial charge in [-0.15, -0.1) is 0 Å². The third-order valence-electron chi connectivity index (χ3n) is 10.9. The van der Waals surface area contributed by atoms with E-state index in [9.17, 15) is 8.78 Å². The van der Waals surface area contributed by atoms with Crippen molar-refractivity contribution in [3.05, 3.63) is 69.8 Å². The van der Waals surface area contributed by atoms with Crippen LogP contribution in [0.3, 0.4) is 0 Å². The van der Waals surface area contributed by atoms with Crippen molar-refractivity contribution in [3.63, 3.8) is 0 Å². The van der Waals surface area contributed by atoms with Crippen molar-refractivity contribution in [2.75, 3.05) is 0 Å². The van der Waals surface area contributed by atoms with Gasteiger partial charge in [-0.25, -0.2) is 17.6 Å². The smallest absolute Gasteiger partial charge is 0.144 e. The first-order valence-electron chi connectivity index (χ1n) is 16.3. The standard InChI is InChI=1S/C36H45F4N/c1-2-3-4-5-23-6-8-26(9-7-23)30-20-34(39)36(35(40)21-30)28-16-14-25(15-17-28)24-10-12-27(13-11-24)29-18-32(37)31(22-41)33(38)19-29/h18-21,23-28H,2-17H2,1H3. The Morgan fingerprint density at radius 3 is 1.51 bits per heavy atom. The second kappa shape index (κ2) is 13.7. The Labute approximate surface area is 243 Å². The molecular formula is C36H45F4N. The van der Waals surface area contributed by atoms with Gasteiger partial charge in [-0.3, -0.25) is 0 Å². The molecule has 0 spiro atoms. The predicted molar refractivity (Wildman–Crippen MR) is 156 cm³/mol. The van der Waals surface area contributed by atoms with E-state index >= 15 is 8.78 Å². The largest absolute Gasteiger partial charge is 0.207 e. The molecule has 3 aliphatic carbocycles. The molecule has 0 aromatic heterocycles. The summed E-state index contributed by atoms with van der Waals surface area (Å²) in [7, 11) is 0. The van der Waals surface area contributed by atoms with Gasteiger partial charge in [0, 0.05) is 5.56 Å². The first-order valence-corrected chi connectivity index (χ1v) is 16.3. The summed E-state index contributed by atoms with van der Waals surface area (Å²) < 4.78 is 59.0. The maximum absolute atomic E-state index is 15.4. The lowest BCUT2D eigenvalue weighted by atomic mass is 9.67. The van der Waals surface area contributed by atoms with Crippen LogP contribution in [-0.4, -0.2) is 0 Å². The highest BCUT2D eigenvalue weighted by atomic mass is 19.1. The highest BCUT2D eigenvalue weighted by Crippen LogP contribution is 2.47. The van der Waals surface area contributed by atoms with Gasteiger partial charge in [0.1, 0.15) is 34.9 Å². The van der Waals surface area contributed by atoms with E-state index in [0.29, 0.717) is 23.0 Å². The highest BCUT2D eigenvalue weighted by Gasteiger charge is 2.34. The van der Waals surface area contributed by atoms with Gasteiger partial charge in [0.25, 0.3) is 0 Å². The third kappa shape index (κ3) is 7.00. The fourth-order valence-corrected chi connectivity index (χ4v) is 8.44. The van der Waals surface area contributed by atoms with E-state index in [0.717, 1.165) is 75.7 Å². The SMILES string of the molecule is CCCCCC1CCC(c2cc(F)c(C3CCC(C4CCC(c5cc(F)c(C#N)c(F)c5)CC4)CC3)c(F)c2)CC1. The lowest BCUT2D eigenvalue weighted by molar-refractivity contribution is 0.175. The molecule has 0 amide bonds. The van der Waals surface area contributed by atoms with Crippen LogP contribution in [0.1, 0.15) is 150 Å². The van der Waals surface area contributed by atoms with Crippen molar-refractivity contribution >= 4 is 0 Å². The maximum Gasteiger partial charge on any atom is 0.144 e. The van der Waals surface area contributed by atoms with Crippen LogP contribution >= 0.6 is 0 Å². The van der Waals surface area contributed by atoms with Crippen LogP contribution < -0.4 is 0 Å². The molecule has 0 atom stereocenters. The third-order valence-corrected chi connectivity index (χ3v) is 10.9. The molecular weight excluding hydrogens is 522 g/mol. The molecule has 1 nitrogen and oxygen atoms in total. The van der Waals surface area contributed by atoms with E-state index in [1.54, 1.807) is 18.2 Å². The zero-order valence-electron chi connectivity index (χ0n) is 24.5. The molecule has 41 heavy (non-hydrogen) atoms. The number of unbranched alkanes of at least 4 members (excludes halogenated alkanes) is 2. The monoisotopic (exact) mass is 567 g/mol. The van der Waals surface area contributed by atoms with Gasteiger partial charge in [0.05, 0.1) is 0 Å². The minimum atomic E-state index is -0.777. The summed E-state index contributed by atoms with van der Waals surface area (Å²) in [5, 5.41) is 8.93. The first-order chi connectivity index (χ1) is 19.9. The van der Waals surface area contributed by atoms with E-state index in [2.05, 4.69) is 6.92 Å². The molecule has 0 heterocycles. The Hall–Kier alpha value is -2.35. The van der Waals surface area contributed by atoms with Crippen molar-refractivity contribution in [2.45, 2.75) is 127 Å². The number of hydrogen-bond acceptors (Lipinski definition) is 1. The molecule has 0 aliphatic heterocycles. The van der Waals surface area contributed by atoms with Gasteiger partial charge < -0.3 is 0 Å². The molecule has 5 rings (SSSR count). The van der Waals surface area contributed by atoms with Crippen molar-refractivity contribution in [2.24, 2.45) is 17.8 Å². The Kier molecular flexibility index (Phi) is 10.1. The predicted octanol–water partition coefficient (Wildman–Crippen LogP) is 11.2. The fourth-order valence-electron chi connectivity index (χ4n) is 8.44. The fraction of sp³-hybridized carbons (Fsp3) is 0.639. The summed E-state index contributed by atoms with van der Waals surface area (Å²) in [5.74, 6) is -0.0627. The van der Waals surface area contributed by atoms with Crippen LogP contribution in [0.25, 0.3) is 0 Å². The van der Waals surface area contributed by atoms with Gasteiger partial charge in [0.15, 0.2) is 0 Å². The summed E-state index contributed by atoms with van der Waals surface area (Å²) in [4.78, 5) is 0. The molecule has 3 saturated carbocycles. The number of rotatable bonds is 8. The average Bonchev–Trinajstić information content (AvgIpc) is 2.97. The normalized spacial score (nSPS) is 28.8. The minimum Gasteiger partial charge on any atom is -0.207 e. The van der Waals surface area contributed by atoms with E-state index in [1.165, 1.54) is 50.7 Å². The van der Waals surface area contributed by atoms with Gasteiger partial charge in [-0.1, -0.05) is 32.6 Å². The molecule has 5 heteroatoms. The lowest BCUT2D eigenvalue weighted by Gasteiger charge is -2.38. The second-order valence-electron chi connectivity index (χ2n) is 13.3. The molecule has 0 N–H and O–H groups in total. The lowest BCUT2D eigenvalue weighted by Crippen LogP contribution is -2.25. The molecule has 3 fully saturated rings. The van der Waals surface area contributed by atoms with Crippen LogP contribution in [0.5, 0.6) is 0 Å². The Balaban J connectivity index is 1.12. The van der Waals surface area contributed by atoms with E-state index in [4.69, 9.17) is 5.26 Å².